The SMILES string of the molecule is CCNC(=O)[B][n+]1cnc2c(ncn2[C@@H]2O[C@H](CO)[C@@H](O)[C@@H]2O)c1N. The Labute approximate surface area is 143 Å². The molecule has 0 aliphatic carbocycles. The highest BCUT2D eigenvalue weighted by molar-refractivity contribution is 6.67. The zero-order chi connectivity index (χ0) is 18.1. The van der Waals surface area contributed by atoms with Gasteiger partial charge in [0.25, 0.3) is 0 Å². The van der Waals surface area contributed by atoms with Gasteiger partial charge in [0.05, 0.1) is 6.61 Å². The number of hydrogen-bond acceptors (Lipinski definition) is 8. The molecule has 0 aromatic carbocycles. The Morgan fingerprint density at radius 2 is 2.24 bits per heavy atom. The molecule has 1 amide bonds. The molecule has 12 heteroatoms. The number of aliphatic hydroxyl groups is 3. The molecule has 2 aromatic rings. The molecule has 133 valence electrons. The standard InChI is InChI=1S/C13H19BN6O5/c1-2-16-13(24)14-20-5-18-11-7(10(20)15)17-4-19(11)12-9(23)8(22)6(3-21)25-12/h4-6,8-9,12,21-23H,2-3H2,1H3,(H2,15,18)(H,16,24)/q+1/t6-,8-,9+,12-/m1/s1. The van der Waals surface area contributed by atoms with Gasteiger partial charge in [-0.15, -0.1) is 0 Å². The summed E-state index contributed by atoms with van der Waals surface area (Å²) in [6.45, 7) is 1.84. The van der Waals surface area contributed by atoms with E-state index < -0.39 is 31.1 Å². The van der Waals surface area contributed by atoms with E-state index in [9.17, 15) is 20.1 Å². The number of nitrogen functional groups attached to an aromatic ring is 1. The summed E-state index contributed by atoms with van der Waals surface area (Å²) < 4.78 is 8.23. The molecule has 0 bridgehead atoms. The highest BCUT2D eigenvalue weighted by Gasteiger charge is 2.44. The van der Waals surface area contributed by atoms with Crippen molar-refractivity contribution in [2.24, 2.45) is 0 Å². The molecule has 4 atom stereocenters. The number of rotatable bonds is 5. The number of aliphatic hydroxyl groups excluding tert-OH is 3. The third kappa shape index (κ3) is 3.04. The number of hydrogen-bond donors (Lipinski definition) is 5. The van der Waals surface area contributed by atoms with Gasteiger partial charge in [-0.25, -0.2) is 4.98 Å². The minimum Gasteiger partial charge on any atom is -0.394 e. The quantitative estimate of drug-likeness (QED) is 0.359. The molecule has 25 heavy (non-hydrogen) atoms. The van der Waals surface area contributed by atoms with E-state index in [1.807, 2.05) is 0 Å². The highest BCUT2D eigenvalue weighted by atomic mass is 16.6. The van der Waals surface area contributed by atoms with Crippen molar-refractivity contribution < 1.29 is 29.3 Å². The minimum absolute atomic E-state index is 0.182. The van der Waals surface area contributed by atoms with E-state index in [0.717, 1.165) is 0 Å². The second-order valence-electron chi connectivity index (χ2n) is 5.61. The number of ether oxygens (including phenoxy) is 1. The number of fused-ring (bicyclic) bond motifs is 1. The molecule has 3 rings (SSSR count). The maximum Gasteiger partial charge on any atom is 0.463 e. The molecule has 1 aliphatic heterocycles. The van der Waals surface area contributed by atoms with Crippen LogP contribution in [0.3, 0.4) is 0 Å². The summed E-state index contributed by atoms with van der Waals surface area (Å²) in [5.41, 5.74) is 6.65. The number of nitrogens with one attached hydrogen (secondary N) is 1. The molecule has 1 aliphatic rings. The van der Waals surface area contributed by atoms with E-state index in [-0.39, 0.29) is 11.6 Å². The van der Waals surface area contributed by atoms with Crippen molar-refractivity contribution in [2.45, 2.75) is 31.5 Å². The number of nitrogens with two attached hydrogens (primary N) is 1. The van der Waals surface area contributed by atoms with Crippen molar-refractivity contribution in [1.82, 2.24) is 19.9 Å². The largest absolute Gasteiger partial charge is 0.463 e. The van der Waals surface area contributed by atoms with Gasteiger partial charge in [0.1, 0.15) is 24.6 Å². The van der Waals surface area contributed by atoms with Crippen LogP contribution >= 0.6 is 0 Å². The van der Waals surface area contributed by atoms with Crippen LogP contribution in [0, 0.1) is 0 Å². The maximum absolute atomic E-state index is 11.7. The third-order valence-electron chi connectivity index (χ3n) is 3.99. The van der Waals surface area contributed by atoms with Gasteiger partial charge in [-0.1, -0.05) is 4.98 Å². The van der Waals surface area contributed by atoms with Crippen LogP contribution in [0.4, 0.5) is 10.6 Å². The first kappa shape index (κ1) is 17.5. The topological polar surface area (TPSA) is 160 Å². The minimum atomic E-state index is -1.26. The van der Waals surface area contributed by atoms with Crippen LogP contribution in [0.5, 0.6) is 0 Å². The van der Waals surface area contributed by atoms with E-state index in [1.165, 1.54) is 29.1 Å². The van der Waals surface area contributed by atoms with Gasteiger partial charge in [0, 0.05) is 6.54 Å². The molecule has 1 radical (unpaired) electrons. The van der Waals surface area contributed by atoms with Gasteiger partial charge in [0.15, 0.2) is 11.7 Å². The van der Waals surface area contributed by atoms with Crippen LogP contribution in [0.15, 0.2) is 12.7 Å². The van der Waals surface area contributed by atoms with Crippen LogP contribution in [0.2, 0.25) is 0 Å². The van der Waals surface area contributed by atoms with Crippen molar-refractivity contribution >= 4 is 30.2 Å². The number of imidazole rings is 1. The highest BCUT2D eigenvalue weighted by Crippen LogP contribution is 2.31. The van der Waals surface area contributed by atoms with Crippen molar-refractivity contribution in [2.75, 3.05) is 18.9 Å². The average Bonchev–Trinajstić information content (AvgIpc) is 3.13. The first-order chi connectivity index (χ1) is 12.0. The maximum atomic E-state index is 11.7. The molecule has 2 aromatic heterocycles. The van der Waals surface area contributed by atoms with E-state index in [0.29, 0.717) is 17.7 Å². The first-order valence-electron chi connectivity index (χ1n) is 7.75. The van der Waals surface area contributed by atoms with Crippen LogP contribution in [-0.4, -0.2) is 74.5 Å². The van der Waals surface area contributed by atoms with Gasteiger partial charge in [-0.05, 0) is 6.92 Å². The summed E-state index contributed by atoms with van der Waals surface area (Å²) in [6.07, 6.45) is -1.66. The summed E-state index contributed by atoms with van der Waals surface area (Å²) in [4.78, 5) is 20.0. The fourth-order valence-electron chi connectivity index (χ4n) is 2.71. The van der Waals surface area contributed by atoms with Gasteiger partial charge in [0.2, 0.25) is 23.6 Å². The number of carbonyl (C=O) groups is 1. The lowest BCUT2D eigenvalue weighted by Gasteiger charge is -2.15. The summed E-state index contributed by atoms with van der Waals surface area (Å²) >= 11 is 0. The van der Waals surface area contributed by atoms with Crippen molar-refractivity contribution in [3.63, 3.8) is 0 Å². The average molecular weight is 350 g/mol. The van der Waals surface area contributed by atoms with Crippen molar-refractivity contribution in [1.29, 1.82) is 0 Å². The van der Waals surface area contributed by atoms with Crippen LogP contribution < -0.4 is 15.5 Å². The van der Waals surface area contributed by atoms with E-state index in [4.69, 9.17) is 10.5 Å². The Balaban J connectivity index is 1.93. The summed E-state index contributed by atoms with van der Waals surface area (Å²) in [6, 6.07) is 0. The molecule has 0 spiro atoms. The summed E-state index contributed by atoms with van der Waals surface area (Å²) in [5.74, 6) is -0.148. The van der Waals surface area contributed by atoms with Gasteiger partial charge in [-0.2, -0.15) is 0 Å². The number of anilines is 1. The van der Waals surface area contributed by atoms with E-state index in [1.54, 1.807) is 6.92 Å². The predicted molar refractivity (Wildman–Crippen MR) is 85.4 cm³/mol. The Morgan fingerprint density at radius 1 is 1.48 bits per heavy atom. The van der Waals surface area contributed by atoms with Gasteiger partial charge < -0.3 is 31.1 Å². The second-order valence-corrected chi connectivity index (χ2v) is 5.61. The fraction of sp³-hybridized carbons (Fsp3) is 0.538. The molecule has 1 saturated heterocycles. The Bertz CT molecular complexity index is 786. The van der Waals surface area contributed by atoms with E-state index >= 15 is 0 Å². The molecule has 6 N–H and O–H groups in total. The number of carbonyl (C=O) groups excluding carboxylic acids is 1. The molecule has 11 nitrogen and oxygen atoms in total. The third-order valence-corrected chi connectivity index (χ3v) is 3.99. The lowest BCUT2D eigenvalue weighted by Crippen LogP contribution is -2.50. The van der Waals surface area contributed by atoms with E-state index in [2.05, 4.69) is 15.3 Å². The molecular formula is C13H19BN6O5+. The lowest BCUT2D eigenvalue weighted by molar-refractivity contribution is -0.512. The Morgan fingerprint density at radius 3 is 2.88 bits per heavy atom. The van der Waals surface area contributed by atoms with Gasteiger partial charge in [-0.3, -0.25) is 13.8 Å². The van der Waals surface area contributed by atoms with Gasteiger partial charge >= 0.3 is 7.41 Å². The second kappa shape index (κ2) is 6.92. The molecule has 0 unspecified atom stereocenters. The fourth-order valence-corrected chi connectivity index (χ4v) is 2.71. The lowest BCUT2D eigenvalue weighted by atomic mass is 9.92. The van der Waals surface area contributed by atoms with Crippen LogP contribution in [0.25, 0.3) is 11.2 Å². The molecule has 1 fully saturated rings. The number of nitrogens with zero attached hydrogens (tertiary/aromatic N) is 4. The Hall–Kier alpha value is -2.28. The zero-order valence-electron chi connectivity index (χ0n) is 13.5. The monoisotopic (exact) mass is 350 g/mol. The normalized spacial score (nSPS) is 26.1. The number of amides is 1. The van der Waals surface area contributed by atoms with Crippen LogP contribution in [-0.2, 0) is 4.74 Å². The number of aromatic nitrogens is 4. The summed E-state index contributed by atoms with van der Waals surface area (Å²) in [7, 11) is 1.25. The van der Waals surface area contributed by atoms with Crippen molar-refractivity contribution in [3.05, 3.63) is 12.7 Å². The first-order valence-corrected chi connectivity index (χ1v) is 7.75. The molecule has 3 heterocycles. The zero-order valence-corrected chi connectivity index (χ0v) is 13.5. The van der Waals surface area contributed by atoms with Crippen LogP contribution in [0.1, 0.15) is 13.2 Å². The smallest absolute Gasteiger partial charge is 0.394 e. The Kier molecular flexibility index (Phi) is 4.86. The summed E-state index contributed by atoms with van der Waals surface area (Å²) in [5, 5.41) is 31.8. The predicted octanol–water partition coefficient (Wildman–Crippen LogP) is -2.89. The molecular weight excluding hydrogens is 331 g/mol. The van der Waals surface area contributed by atoms with Crippen molar-refractivity contribution in [3.8, 4) is 0 Å². The molecule has 0 saturated carbocycles.